The summed E-state index contributed by atoms with van der Waals surface area (Å²) in [7, 11) is 0. The molecule has 0 bridgehead atoms. The third kappa shape index (κ3) is 3.94. The van der Waals surface area contributed by atoms with Crippen LogP contribution >= 0.6 is 0 Å². The molecule has 2 aliphatic rings. The van der Waals surface area contributed by atoms with Crippen LogP contribution in [0.4, 0.5) is 4.39 Å². The molecule has 1 N–H and O–H groups in total. The number of amides is 1. The lowest BCUT2D eigenvalue weighted by Crippen LogP contribution is -2.54. The van der Waals surface area contributed by atoms with Crippen LogP contribution in [0.5, 0.6) is 5.75 Å². The lowest BCUT2D eigenvalue weighted by atomic mass is 9.90. The molecule has 0 radical (unpaired) electrons. The first-order chi connectivity index (χ1) is 11.8. The smallest absolute Gasteiger partial charge is 0.348 e. The van der Waals surface area contributed by atoms with Crippen LogP contribution in [0, 0.1) is 11.2 Å². The molecule has 1 aromatic carbocycles. The maximum atomic E-state index is 13.8. The molecule has 1 amide bonds. The first-order valence-corrected chi connectivity index (χ1v) is 8.78. The number of ether oxygens (including phenoxy) is 1. The molecular weight excluding hydrogens is 325 g/mol. The van der Waals surface area contributed by atoms with Crippen molar-refractivity contribution in [3.63, 3.8) is 0 Å². The predicted octanol–water partition coefficient (Wildman–Crippen LogP) is 3.23. The zero-order valence-corrected chi connectivity index (χ0v) is 14.5. The summed E-state index contributed by atoms with van der Waals surface area (Å²) in [5.74, 6) is -1.70. The van der Waals surface area contributed by atoms with Crippen molar-refractivity contribution in [3.8, 4) is 5.75 Å². The van der Waals surface area contributed by atoms with Crippen molar-refractivity contribution in [1.82, 2.24) is 4.90 Å². The second-order valence-corrected chi connectivity index (χ2v) is 7.52. The number of aliphatic carboxylic acids is 1. The summed E-state index contributed by atoms with van der Waals surface area (Å²) in [4.78, 5) is 25.8. The van der Waals surface area contributed by atoms with Gasteiger partial charge in [0.15, 0.2) is 11.6 Å². The Labute approximate surface area is 146 Å². The summed E-state index contributed by atoms with van der Waals surface area (Å²) < 4.78 is 19.4. The highest BCUT2D eigenvalue weighted by atomic mass is 19.1. The largest absolute Gasteiger partial charge is 0.478 e. The summed E-state index contributed by atoms with van der Waals surface area (Å²) in [5, 5.41) is 9.63. The third-order valence-electron chi connectivity index (χ3n) is 5.50. The van der Waals surface area contributed by atoms with Gasteiger partial charge in [-0.2, -0.15) is 0 Å². The second-order valence-electron chi connectivity index (χ2n) is 7.52. The van der Waals surface area contributed by atoms with Gasteiger partial charge in [-0.1, -0.05) is 19.1 Å². The topological polar surface area (TPSA) is 66.8 Å². The normalized spacial score (nSPS) is 20.8. The van der Waals surface area contributed by atoms with Gasteiger partial charge in [-0.3, -0.25) is 4.79 Å². The van der Waals surface area contributed by atoms with Crippen LogP contribution in [0.2, 0.25) is 0 Å². The number of benzene rings is 1. The van der Waals surface area contributed by atoms with Gasteiger partial charge in [-0.25, -0.2) is 9.18 Å². The molecule has 0 aromatic heterocycles. The number of rotatable bonds is 6. The molecule has 0 unspecified atom stereocenters. The molecule has 6 heteroatoms. The summed E-state index contributed by atoms with van der Waals surface area (Å²) in [6.07, 6.45) is 4.06. The van der Waals surface area contributed by atoms with Gasteiger partial charge in [-0.05, 0) is 36.8 Å². The van der Waals surface area contributed by atoms with Gasteiger partial charge < -0.3 is 14.7 Å². The van der Waals surface area contributed by atoms with Crippen LogP contribution in [-0.4, -0.2) is 40.6 Å². The summed E-state index contributed by atoms with van der Waals surface area (Å²) in [5.41, 5.74) is -1.16. The zero-order valence-electron chi connectivity index (χ0n) is 14.5. The molecule has 5 nitrogen and oxygen atoms in total. The van der Waals surface area contributed by atoms with Gasteiger partial charge in [0.05, 0.1) is 0 Å². The maximum absolute atomic E-state index is 13.8. The minimum atomic E-state index is -1.48. The first-order valence-electron chi connectivity index (χ1n) is 8.78. The first kappa shape index (κ1) is 17.7. The molecule has 1 saturated carbocycles. The van der Waals surface area contributed by atoms with E-state index < -0.39 is 17.4 Å². The number of hydrogen-bond acceptors (Lipinski definition) is 3. The molecule has 1 aliphatic carbocycles. The molecule has 3 rings (SSSR count). The quantitative estimate of drug-likeness (QED) is 0.856. The Bertz CT molecular complexity index is 663. The van der Waals surface area contributed by atoms with Crippen molar-refractivity contribution in [2.75, 3.05) is 13.1 Å². The van der Waals surface area contributed by atoms with E-state index in [1.807, 2.05) is 0 Å². The standard InChI is InChI=1S/C19H24FNO4/c1-18(8-9-18)7-6-16(22)21-12-10-19(11-13-21,17(23)24)25-15-5-3-2-4-14(15)20/h2-5H,6-13H2,1H3,(H,23,24). The van der Waals surface area contributed by atoms with E-state index in [0.717, 1.165) is 6.42 Å². The Morgan fingerprint density at radius 3 is 2.40 bits per heavy atom. The molecule has 1 aliphatic heterocycles. The van der Waals surface area contributed by atoms with Crippen LogP contribution in [0.3, 0.4) is 0 Å². The number of carbonyl (C=O) groups is 2. The lowest BCUT2D eigenvalue weighted by Gasteiger charge is -2.39. The van der Waals surface area contributed by atoms with Gasteiger partial charge in [-0.15, -0.1) is 0 Å². The van der Waals surface area contributed by atoms with E-state index in [4.69, 9.17) is 4.74 Å². The van der Waals surface area contributed by atoms with E-state index in [2.05, 4.69) is 6.92 Å². The molecular formula is C19H24FNO4. The number of hydrogen-bond donors (Lipinski definition) is 1. The van der Waals surface area contributed by atoms with Crippen molar-refractivity contribution in [2.24, 2.45) is 5.41 Å². The van der Waals surface area contributed by atoms with Gasteiger partial charge in [0.1, 0.15) is 0 Å². The number of carboxylic acid groups (broad SMARTS) is 1. The molecule has 0 spiro atoms. The number of carbonyl (C=O) groups excluding carboxylic acids is 1. The molecule has 1 saturated heterocycles. The van der Waals surface area contributed by atoms with Crippen LogP contribution in [0.1, 0.15) is 45.4 Å². The molecule has 2 fully saturated rings. The average molecular weight is 349 g/mol. The van der Waals surface area contributed by atoms with Crippen LogP contribution in [0.15, 0.2) is 24.3 Å². The maximum Gasteiger partial charge on any atom is 0.348 e. The van der Waals surface area contributed by atoms with E-state index in [1.54, 1.807) is 11.0 Å². The van der Waals surface area contributed by atoms with Crippen molar-refractivity contribution in [1.29, 1.82) is 0 Å². The number of carboxylic acids is 1. The van der Waals surface area contributed by atoms with E-state index in [9.17, 15) is 19.1 Å². The SMILES string of the molecule is CC1(CCC(=O)N2CCC(Oc3ccccc3F)(C(=O)O)CC2)CC1. The summed E-state index contributed by atoms with van der Waals surface area (Å²) in [6.45, 7) is 2.82. The minimum absolute atomic E-state index is 0.0636. The Balaban J connectivity index is 1.61. The van der Waals surface area contributed by atoms with Crippen molar-refractivity contribution in [2.45, 2.75) is 51.0 Å². The fourth-order valence-electron chi connectivity index (χ4n) is 3.25. The van der Waals surface area contributed by atoms with E-state index in [-0.39, 0.29) is 24.5 Å². The Morgan fingerprint density at radius 1 is 1.20 bits per heavy atom. The van der Waals surface area contributed by atoms with Crippen molar-refractivity contribution in [3.05, 3.63) is 30.1 Å². The monoisotopic (exact) mass is 349 g/mol. The lowest BCUT2D eigenvalue weighted by molar-refractivity contribution is -0.162. The van der Waals surface area contributed by atoms with Gasteiger partial charge in [0, 0.05) is 32.4 Å². The highest BCUT2D eigenvalue weighted by molar-refractivity contribution is 5.80. The third-order valence-corrected chi connectivity index (χ3v) is 5.50. The Hall–Kier alpha value is -2.11. The van der Waals surface area contributed by atoms with Crippen LogP contribution in [0.25, 0.3) is 0 Å². The summed E-state index contributed by atoms with van der Waals surface area (Å²) >= 11 is 0. The van der Waals surface area contributed by atoms with Gasteiger partial charge in [0.25, 0.3) is 0 Å². The van der Waals surface area contributed by atoms with Crippen molar-refractivity contribution < 1.29 is 23.8 Å². The zero-order chi connectivity index (χ0) is 18.1. The van der Waals surface area contributed by atoms with Gasteiger partial charge >= 0.3 is 5.97 Å². The fraction of sp³-hybridized carbons (Fsp3) is 0.579. The fourth-order valence-corrected chi connectivity index (χ4v) is 3.25. The number of halogens is 1. The second kappa shape index (κ2) is 6.65. The molecule has 25 heavy (non-hydrogen) atoms. The minimum Gasteiger partial charge on any atom is -0.478 e. The molecule has 0 atom stereocenters. The van der Waals surface area contributed by atoms with Gasteiger partial charge in [0.2, 0.25) is 11.5 Å². The Kier molecular flexibility index (Phi) is 4.71. The number of likely N-dealkylation sites (tertiary alicyclic amines) is 1. The van der Waals surface area contributed by atoms with E-state index >= 15 is 0 Å². The van der Waals surface area contributed by atoms with E-state index in [0.29, 0.717) is 24.9 Å². The van der Waals surface area contributed by atoms with Crippen LogP contribution < -0.4 is 4.74 Å². The van der Waals surface area contributed by atoms with Crippen LogP contribution in [-0.2, 0) is 9.59 Å². The Morgan fingerprint density at radius 2 is 1.84 bits per heavy atom. The van der Waals surface area contributed by atoms with E-state index in [1.165, 1.54) is 31.0 Å². The average Bonchev–Trinajstić information content (AvgIpc) is 3.33. The molecule has 1 heterocycles. The predicted molar refractivity (Wildman–Crippen MR) is 89.8 cm³/mol. The highest BCUT2D eigenvalue weighted by Crippen LogP contribution is 2.49. The molecule has 1 aromatic rings. The number of piperidine rings is 1. The highest BCUT2D eigenvalue weighted by Gasteiger charge is 2.45. The molecule has 136 valence electrons. The van der Waals surface area contributed by atoms with Crippen molar-refractivity contribution >= 4 is 11.9 Å². The number of para-hydroxylation sites is 1. The number of nitrogens with zero attached hydrogens (tertiary/aromatic N) is 1. The summed E-state index contributed by atoms with van der Waals surface area (Å²) in [6, 6.07) is 5.79.